The van der Waals surface area contributed by atoms with Crippen LogP contribution in [0.2, 0.25) is 0 Å². The van der Waals surface area contributed by atoms with Crippen molar-refractivity contribution < 1.29 is 23.9 Å². The van der Waals surface area contributed by atoms with E-state index in [1.165, 1.54) is 9.80 Å². The maximum absolute atomic E-state index is 14.2. The van der Waals surface area contributed by atoms with Gasteiger partial charge >= 0.3 is 6.09 Å². The lowest BCUT2D eigenvalue weighted by Crippen LogP contribution is -2.54. The minimum atomic E-state index is -0.822. The number of hydrogen-bond acceptors (Lipinski definition) is 5. The van der Waals surface area contributed by atoms with Gasteiger partial charge in [-0.1, -0.05) is 72.8 Å². The smallest absolute Gasteiger partial charge is 0.410 e. The standard InChI is InChI=1S/C33H43N3O5/c1-33(2,3)41-32(39)36(7)29(21-25-17-18-26-15-11-12-16-27(26)19-25)31(38)35(6)28(20-24-13-9-8-10-14-24)22-40-23-30(37)34(4)5/h8-19,28-29H,20-23H2,1-7H3/t28-,29-/m1/s1. The van der Waals surface area contributed by atoms with E-state index < -0.39 is 17.7 Å². The van der Waals surface area contributed by atoms with Crippen molar-refractivity contribution in [1.82, 2.24) is 14.7 Å². The zero-order valence-electron chi connectivity index (χ0n) is 25.3. The fourth-order valence-electron chi connectivity index (χ4n) is 4.46. The second-order valence-electron chi connectivity index (χ2n) is 11.6. The third kappa shape index (κ3) is 9.32. The van der Waals surface area contributed by atoms with E-state index in [0.717, 1.165) is 21.9 Å². The minimum absolute atomic E-state index is 0.0847. The number of benzene rings is 3. The lowest BCUT2D eigenvalue weighted by molar-refractivity contribution is -0.139. The average molecular weight is 562 g/mol. The minimum Gasteiger partial charge on any atom is -0.444 e. The van der Waals surface area contributed by atoms with E-state index in [1.807, 2.05) is 66.7 Å². The summed E-state index contributed by atoms with van der Waals surface area (Å²) in [7, 11) is 6.67. The predicted octanol–water partition coefficient (Wildman–Crippen LogP) is 4.79. The Kier molecular flexibility index (Phi) is 10.9. The SMILES string of the molecule is CN(C)C(=O)COC[C@@H](Cc1ccccc1)N(C)C(=O)[C@@H](Cc1ccc2ccccc2c1)N(C)C(=O)OC(C)(C)C. The number of carbonyl (C=O) groups excluding carboxylic acids is 3. The van der Waals surface area contributed by atoms with Crippen molar-refractivity contribution in [3.8, 4) is 0 Å². The Morgan fingerprint density at radius 2 is 1.39 bits per heavy atom. The summed E-state index contributed by atoms with van der Waals surface area (Å²) in [6.07, 6.45) is 0.261. The van der Waals surface area contributed by atoms with Gasteiger partial charge in [-0.25, -0.2) is 4.79 Å². The van der Waals surface area contributed by atoms with E-state index in [0.29, 0.717) is 12.8 Å². The number of fused-ring (bicyclic) bond motifs is 1. The summed E-state index contributed by atoms with van der Waals surface area (Å²) < 4.78 is 11.4. The van der Waals surface area contributed by atoms with Gasteiger partial charge in [0.05, 0.1) is 12.6 Å². The zero-order chi connectivity index (χ0) is 30.2. The van der Waals surface area contributed by atoms with Crippen molar-refractivity contribution in [2.75, 3.05) is 41.4 Å². The van der Waals surface area contributed by atoms with Crippen molar-refractivity contribution in [2.45, 2.75) is 51.3 Å². The molecule has 3 rings (SSSR count). The first kappa shape index (κ1) is 31.6. The molecule has 0 saturated carbocycles. The number of amides is 3. The normalized spacial score (nSPS) is 12.9. The summed E-state index contributed by atoms with van der Waals surface area (Å²) in [4.78, 5) is 44.0. The molecule has 41 heavy (non-hydrogen) atoms. The van der Waals surface area contributed by atoms with Crippen molar-refractivity contribution in [3.63, 3.8) is 0 Å². The molecule has 2 atom stereocenters. The maximum Gasteiger partial charge on any atom is 0.410 e. The summed E-state index contributed by atoms with van der Waals surface area (Å²) >= 11 is 0. The van der Waals surface area contributed by atoms with Crippen molar-refractivity contribution in [2.24, 2.45) is 0 Å². The van der Waals surface area contributed by atoms with Crippen LogP contribution in [0.15, 0.2) is 72.8 Å². The molecule has 3 aromatic carbocycles. The fourth-order valence-corrected chi connectivity index (χ4v) is 4.46. The summed E-state index contributed by atoms with van der Waals surface area (Å²) in [5.74, 6) is -0.397. The van der Waals surface area contributed by atoms with Gasteiger partial charge in [-0.15, -0.1) is 0 Å². The molecule has 0 unspecified atom stereocenters. The van der Waals surface area contributed by atoms with Crippen LogP contribution in [0.25, 0.3) is 10.8 Å². The van der Waals surface area contributed by atoms with Crippen LogP contribution < -0.4 is 0 Å². The summed E-state index contributed by atoms with van der Waals surface area (Å²) in [5, 5.41) is 2.16. The molecule has 8 heteroatoms. The van der Waals surface area contributed by atoms with E-state index in [9.17, 15) is 14.4 Å². The molecule has 0 fully saturated rings. The van der Waals surface area contributed by atoms with Crippen LogP contribution in [0.3, 0.4) is 0 Å². The number of rotatable bonds is 11. The van der Waals surface area contributed by atoms with Crippen molar-refractivity contribution in [1.29, 1.82) is 0 Å². The molecule has 3 amide bonds. The summed E-state index contributed by atoms with van der Waals surface area (Å²) in [6, 6.07) is 22.7. The Morgan fingerprint density at radius 1 is 0.756 bits per heavy atom. The number of hydrogen-bond donors (Lipinski definition) is 0. The quantitative estimate of drug-likeness (QED) is 0.336. The first-order chi connectivity index (χ1) is 19.4. The largest absolute Gasteiger partial charge is 0.444 e. The second kappa shape index (κ2) is 14.1. The maximum atomic E-state index is 14.2. The van der Waals surface area contributed by atoms with E-state index in [1.54, 1.807) is 53.9 Å². The van der Waals surface area contributed by atoms with Gasteiger partial charge in [0.2, 0.25) is 11.8 Å². The number of carbonyl (C=O) groups is 3. The number of nitrogens with zero attached hydrogens (tertiary/aromatic N) is 3. The molecule has 0 heterocycles. The van der Waals surface area contributed by atoms with Crippen LogP contribution in [-0.2, 0) is 31.9 Å². The molecular weight excluding hydrogens is 518 g/mol. The first-order valence-corrected chi connectivity index (χ1v) is 13.9. The Labute approximate surface area is 243 Å². The van der Waals surface area contributed by atoms with Gasteiger partial charge in [-0.2, -0.15) is 0 Å². The molecule has 0 aromatic heterocycles. The van der Waals surface area contributed by atoms with E-state index in [-0.39, 0.29) is 31.1 Å². The highest BCUT2D eigenvalue weighted by Gasteiger charge is 2.34. The Bertz CT molecular complexity index is 1320. The highest BCUT2D eigenvalue weighted by molar-refractivity contribution is 5.87. The third-order valence-corrected chi connectivity index (χ3v) is 6.92. The fraction of sp³-hybridized carbons (Fsp3) is 0.424. The van der Waals surface area contributed by atoms with Gasteiger partial charge in [0.15, 0.2) is 0 Å². The molecule has 8 nitrogen and oxygen atoms in total. The number of ether oxygens (including phenoxy) is 2. The van der Waals surface area contributed by atoms with Crippen molar-refractivity contribution in [3.05, 3.63) is 83.9 Å². The third-order valence-electron chi connectivity index (χ3n) is 6.92. The topological polar surface area (TPSA) is 79.4 Å². The van der Waals surface area contributed by atoms with Crippen LogP contribution in [0.4, 0.5) is 4.79 Å². The van der Waals surface area contributed by atoms with Crippen LogP contribution in [0.5, 0.6) is 0 Å². The van der Waals surface area contributed by atoms with Gasteiger partial charge in [0, 0.05) is 34.6 Å². The van der Waals surface area contributed by atoms with Gasteiger partial charge < -0.3 is 19.3 Å². The van der Waals surface area contributed by atoms with Crippen LogP contribution >= 0.6 is 0 Å². The molecule has 220 valence electrons. The lowest BCUT2D eigenvalue weighted by atomic mass is 9.99. The molecule has 0 bridgehead atoms. The highest BCUT2D eigenvalue weighted by atomic mass is 16.6. The molecule has 0 spiro atoms. The van der Waals surface area contributed by atoms with E-state index in [4.69, 9.17) is 9.47 Å². The highest BCUT2D eigenvalue weighted by Crippen LogP contribution is 2.21. The van der Waals surface area contributed by atoms with Gasteiger partial charge in [0.25, 0.3) is 0 Å². The van der Waals surface area contributed by atoms with Gasteiger partial charge in [-0.3, -0.25) is 14.5 Å². The van der Waals surface area contributed by atoms with Crippen LogP contribution in [0.1, 0.15) is 31.9 Å². The summed E-state index contributed by atoms with van der Waals surface area (Å²) in [6.45, 7) is 5.47. The number of likely N-dealkylation sites (N-methyl/N-ethyl adjacent to an activating group) is 3. The monoisotopic (exact) mass is 561 g/mol. The molecule has 3 aromatic rings. The van der Waals surface area contributed by atoms with Gasteiger partial charge in [0.1, 0.15) is 18.2 Å². The zero-order valence-corrected chi connectivity index (χ0v) is 25.3. The predicted molar refractivity (Wildman–Crippen MR) is 162 cm³/mol. The Hall–Kier alpha value is -3.91. The van der Waals surface area contributed by atoms with Crippen LogP contribution in [-0.4, -0.2) is 91.7 Å². The molecular formula is C33H43N3O5. The average Bonchev–Trinajstić information content (AvgIpc) is 2.93. The van der Waals surface area contributed by atoms with E-state index >= 15 is 0 Å². The molecule has 0 saturated heterocycles. The first-order valence-electron chi connectivity index (χ1n) is 13.9. The van der Waals surface area contributed by atoms with Crippen molar-refractivity contribution >= 4 is 28.7 Å². The molecule has 0 radical (unpaired) electrons. The Balaban J connectivity index is 1.90. The molecule has 0 aliphatic rings. The van der Waals surface area contributed by atoms with E-state index in [2.05, 4.69) is 6.07 Å². The van der Waals surface area contributed by atoms with Gasteiger partial charge in [-0.05, 0) is 49.1 Å². The molecule has 0 N–H and O–H groups in total. The molecule has 0 aliphatic heterocycles. The Morgan fingerprint density at radius 3 is 2.02 bits per heavy atom. The lowest BCUT2D eigenvalue weighted by Gasteiger charge is -2.35. The second-order valence-corrected chi connectivity index (χ2v) is 11.6. The molecule has 0 aliphatic carbocycles. The van der Waals surface area contributed by atoms with Crippen LogP contribution in [0, 0.1) is 0 Å². The summed E-state index contributed by atoms with van der Waals surface area (Å²) in [5.41, 5.74) is 1.25.